The first-order valence-electron chi connectivity index (χ1n) is 12.1. The Balaban J connectivity index is 1.51. The molecule has 2 atom stereocenters. The van der Waals surface area contributed by atoms with Crippen LogP contribution in [-0.2, 0) is 13.1 Å². The second kappa shape index (κ2) is 8.84. The van der Waals surface area contributed by atoms with E-state index in [1.165, 1.54) is 6.42 Å². The molecule has 1 saturated heterocycles. The number of likely N-dealkylation sites (tertiary alicyclic amines) is 1. The first-order chi connectivity index (χ1) is 16.4. The van der Waals surface area contributed by atoms with Gasteiger partial charge in [-0.1, -0.05) is 13.8 Å². The van der Waals surface area contributed by atoms with E-state index in [9.17, 15) is 9.90 Å². The van der Waals surface area contributed by atoms with Crippen molar-refractivity contribution in [1.82, 2.24) is 9.47 Å². The average molecular weight is 461 g/mol. The Kier molecular flexibility index (Phi) is 5.86. The Labute approximate surface area is 200 Å². The minimum atomic E-state index is -0.156. The van der Waals surface area contributed by atoms with E-state index in [4.69, 9.17) is 9.47 Å². The number of phenols is 1. The van der Waals surface area contributed by atoms with Gasteiger partial charge in [0.25, 0.3) is 0 Å². The smallest absolute Gasteiger partial charge is 0.231 e. The number of nitrogens with zero attached hydrogens (tertiary/aromatic N) is 2. The highest BCUT2D eigenvalue weighted by molar-refractivity contribution is 6.15. The number of carbonyl (C=O) groups excluding carboxylic acids is 1. The van der Waals surface area contributed by atoms with Gasteiger partial charge < -0.3 is 19.1 Å². The molecule has 0 aliphatic carbocycles. The summed E-state index contributed by atoms with van der Waals surface area (Å²) in [4.78, 5) is 15.6. The topological polar surface area (TPSA) is 63.9 Å². The summed E-state index contributed by atoms with van der Waals surface area (Å²) in [6, 6.07) is 9.23. The molecule has 2 aliphatic rings. The molecule has 2 aliphatic heterocycles. The maximum Gasteiger partial charge on any atom is 0.231 e. The summed E-state index contributed by atoms with van der Waals surface area (Å²) in [6.07, 6.45) is 5.06. The quantitative estimate of drug-likeness (QED) is 0.512. The van der Waals surface area contributed by atoms with Crippen molar-refractivity contribution < 1.29 is 19.4 Å². The highest BCUT2D eigenvalue weighted by atomic mass is 16.5. The number of rotatable bonds is 5. The predicted molar refractivity (Wildman–Crippen MR) is 133 cm³/mol. The van der Waals surface area contributed by atoms with Crippen LogP contribution in [0, 0.1) is 11.8 Å². The summed E-state index contributed by atoms with van der Waals surface area (Å²) in [7, 11) is 1.65. The number of aromatic hydroxyl groups is 1. The summed E-state index contributed by atoms with van der Waals surface area (Å²) < 4.78 is 13.7. The third kappa shape index (κ3) is 3.96. The van der Waals surface area contributed by atoms with Crippen LogP contribution in [-0.4, -0.2) is 40.6 Å². The van der Waals surface area contributed by atoms with Gasteiger partial charge in [-0.3, -0.25) is 9.69 Å². The fraction of sp³-hybridized carbons (Fsp3) is 0.393. The molecule has 0 spiro atoms. The van der Waals surface area contributed by atoms with Crippen LogP contribution in [0.5, 0.6) is 17.2 Å². The molecule has 3 heterocycles. The monoisotopic (exact) mass is 460 g/mol. The highest BCUT2D eigenvalue weighted by Crippen LogP contribution is 2.41. The molecule has 0 radical (unpaired) electrons. The molecule has 1 aromatic heterocycles. The summed E-state index contributed by atoms with van der Waals surface area (Å²) in [6.45, 7) is 9.94. The summed E-state index contributed by atoms with van der Waals surface area (Å²) in [5.74, 6) is 2.75. The molecule has 1 fully saturated rings. The first kappa shape index (κ1) is 22.5. The van der Waals surface area contributed by atoms with Crippen LogP contribution in [0.25, 0.3) is 17.0 Å². The number of Topliss-reactive ketones (excluding diaryl/α,β-unsaturated/α-hetero) is 1. The molecule has 5 rings (SSSR count). The van der Waals surface area contributed by atoms with Crippen molar-refractivity contribution in [3.05, 3.63) is 59.0 Å². The number of fused-ring (bicyclic) bond motifs is 2. The molecule has 0 bridgehead atoms. The Bertz CT molecular complexity index is 1280. The fourth-order valence-electron chi connectivity index (χ4n) is 5.54. The highest BCUT2D eigenvalue weighted by Gasteiger charge is 2.33. The Morgan fingerprint density at radius 2 is 1.94 bits per heavy atom. The molecule has 2 aromatic carbocycles. The van der Waals surface area contributed by atoms with Gasteiger partial charge in [0.15, 0.2) is 5.76 Å². The van der Waals surface area contributed by atoms with Crippen LogP contribution in [0.3, 0.4) is 0 Å². The summed E-state index contributed by atoms with van der Waals surface area (Å²) in [5, 5.41) is 11.7. The van der Waals surface area contributed by atoms with Crippen LogP contribution < -0.4 is 9.47 Å². The number of hydrogen-bond donors (Lipinski definition) is 1. The number of aryl methyl sites for hydroxylation is 1. The number of allylic oxidation sites excluding steroid dienone is 1. The fourth-order valence-corrected chi connectivity index (χ4v) is 5.54. The Morgan fingerprint density at radius 3 is 2.65 bits per heavy atom. The van der Waals surface area contributed by atoms with Gasteiger partial charge in [0.1, 0.15) is 17.2 Å². The van der Waals surface area contributed by atoms with Crippen molar-refractivity contribution in [1.29, 1.82) is 0 Å². The van der Waals surface area contributed by atoms with Crippen molar-refractivity contribution in [3.8, 4) is 17.2 Å². The lowest BCUT2D eigenvalue weighted by Gasteiger charge is -2.35. The number of aromatic nitrogens is 1. The number of carbonyl (C=O) groups is 1. The van der Waals surface area contributed by atoms with Gasteiger partial charge in [0, 0.05) is 48.8 Å². The molecular weight excluding hydrogens is 428 g/mol. The number of piperidine rings is 1. The number of ether oxygens (including phenoxy) is 2. The van der Waals surface area contributed by atoms with Crippen molar-refractivity contribution in [3.63, 3.8) is 0 Å². The van der Waals surface area contributed by atoms with E-state index in [1.54, 1.807) is 19.2 Å². The van der Waals surface area contributed by atoms with Gasteiger partial charge >= 0.3 is 0 Å². The summed E-state index contributed by atoms with van der Waals surface area (Å²) >= 11 is 0. The lowest BCUT2D eigenvalue weighted by molar-refractivity contribution is 0.101. The maximum absolute atomic E-state index is 13.3. The van der Waals surface area contributed by atoms with Gasteiger partial charge in [-0.05, 0) is 61.6 Å². The molecule has 1 N–H and O–H groups in total. The second-order valence-corrected chi connectivity index (χ2v) is 9.77. The van der Waals surface area contributed by atoms with Crippen molar-refractivity contribution in [2.45, 2.75) is 40.3 Å². The molecular formula is C28H32N2O4. The zero-order valence-corrected chi connectivity index (χ0v) is 20.3. The SMILES string of the molecule is CCn1cc(/C=C2/Oc3c(ccc(O)c3CN3C[C@@H](C)C[C@H](C)C3)C2=O)c2cc(OC)ccc21. The molecule has 3 aromatic rings. The van der Waals surface area contributed by atoms with E-state index in [0.29, 0.717) is 35.3 Å². The second-order valence-electron chi connectivity index (χ2n) is 9.77. The minimum absolute atomic E-state index is 0.156. The molecule has 34 heavy (non-hydrogen) atoms. The first-order valence-corrected chi connectivity index (χ1v) is 12.1. The molecule has 0 amide bonds. The number of ketones is 1. The van der Waals surface area contributed by atoms with E-state index in [-0.39, 0.29) is 17.3 Å². The number of benzene rings is 2. The van der Waals surface area contributed by atoms with Crippen molar-refractivity contribution in [2.24, 2.45) is 11.8 Å². The number of methoxy groups -OCH3 is 1. The van der Waals surface area contributed by atoms with Crippen molar-refractivity contribution >= 4 is 22.8 Å². The Hall–Kier alpha value is -3.25. The van der Waals surface area contributed by atoms with E-state index in [0.717, 1.165) is 41.9 Å². The van der Waals surface area contributed by atoms with Crippen LogP contribution in [0.15, 0.2) is 42.3 Å². The molecule has 0 saturated carbocycles. The molecule has 6 nitrogen and oxygen atoms in total. The molecule has 178 valence electrons. The number of hydrogen-bond acceptors (Lipinski definition) is 5. The van der Waals surface area contributed by atoms with Crippen LogP contribution >= 0.6 is 0 Å². The zero-order chi connectivity index (χ0) is 24.0. The predicted octanol–water partition coefficient (Wildman–Crippen LogP) is 5.47. The normalized spacial score (nSPS) is 21.8. The maximum atomic E-state index is 13.3. The van der Waals surface area contributed by atoms with Gasteiger partial charge in [0.2, 0.25) is 5.78 Å². The standard InChI is InChI=1S/C28H32N2O4/c1-5-30-15-19(22-12-20(33-4)6-8-24(22)30)11-26-27(32)21-7-9-25(31)23(28(21)34-26)16-29-13-17(2)10-18(3)14-29/h6-9,11-12,15,17-18,31H,5,10,13-14,16H2,1-4H3/b26-11+/t17-,18-/m0/s1. The van der Waals surface area contributed by atoms with E-state index < -0.39 is 0 Å². The van der Waals surface area contributed by atoms with Crippen LogP contribution in [0.1, 0.15) is 48.7 Å². The van der Waals surface area contributed by atoms with Crippen LogP contribution in [0.4, 0.5) is 0 Å². The minimum Gasteiger partial charge on any atom is -0.507 e. The zero-order valence-electron chi connectivity index (χ0n) is 20.3. The van der Waals surface area contributed by atoms with Gasteiger partial charge in [-0.25, -0.2) is 0 Å². The third-order valence-electron chi connectivity index (χ3n) is 6.99. The van der Waals surface area contributed by atoms with Gasteiger partial charge in [-0.15, -0.1) is 0 Å². The van der Waals surface area contributed by atoms with Crippen molar-refractivity contribution in [2.75, 3.05) is 20.2 Å². The van der Waals surface area contributed by atoms with E-state index >= 15 is 0 Å². The Morgan fingerprint density at radius 1 is 1.18 bits per heavy atom. The van der Waals surface area contributed by atoms with Gasteiger partial charge in [-0.2, -0.15) is 0 Å². The van der Waals surface area contributed by atoms with Crippen LogP contribution in [0.2, 0.25) is 0 Å². The molecule has 6 heteroatoms. The van der Waals surface area contributed by atoms with E-state index in [2.05, 4.69) is 30.2 Å². The lowest BCUT2D eigenvalue weighted by atomic mass is 9.91. The third-order valence-corrected chi connectivity index (χ3v) is 6.99. The number of phenolic OH excluding ortho intramolecular Hbond substituents is 1. The lowest BCUT2D eigenvalue weighted by Crippen LogP contribution is -2.38. The summed E-state index contributed by atoms with van der Waals surface area (Å²) in [5.41, 5.74) is 3.17. The van der Waals surface area contributed by atoms with E-state index in [1.807, 2.05) is 30.5 Å². The van der Waals surface area contributed by atoms with Gasteiger partial charge in [0.05, 0.1) is 18.2 Å². The largest absolute Gasteiger partial charge is 0.507 e. The average Bonchev–Trinajstić information content (AvgIpc) is 3.32. The molecule has 0 unspecified atom stereocenters.